The molecule has 2 aromatic carbocycles. The van der Waals surface area contributed by atoms with Crippen LogP contribution in [0.1, 0.15) is 11.1 Å². The Kier molecular flexibility index (Phi) is 4.04. The third kappa shape index (κ3) is 3.21. The van der Waals surface area contributed by atoms with Gasteiger partial charge in [0.2, 0.25) is 5.91 Å². The lowest BCUT2D eigenvalue weighted by atomic mass is 10.2. The average Bonchev–Trinajstić information content (AvgIpc) is 2.84. The third-order valence-corrected chi connectivity index (χ3v) is 4.09. The molecule has 102 valence electrons. The maximum Gasteiger partial charge on any atom is 0.228 e. The second-order valence-electron chi connectivity index (χ2n) is 4.78. The van der Waals surface area contributed by atoms with E-state index in [0.29, 0.717) is 6.42 Å². The van der Waals surface area contributed by atoms with Crippen molar-refractivity contribution in [3.63, 3.8) is 0 Å². The lowest BCUT2D eigenvalue weighted by molar-refractivity contribution is -0.115. The van der Waals surface area contributed by atoms with Gasteiger partial charge in [-0.25, -0.2) is 0 Å². The fourth-order valence-corrected chi connectivity index (χ4v) is 2.95. The molecule has 3 rings (SSSR count). The number of carbonyl (C=O) groups excluding carboxylic acids is 1. The standard InChI is InChI=1S/C16H16N2OS/c19-16-11-13-10-14(6-7-15(13)18-16)20-17-9-8-12-4-2-1-3-5-12/h1-7,10,17H,8-9,11H2,(H,18,19). The maximum atomic E-state index is 11.3. The number of fused-ring (bicyclic) bond motifs is 1. The van der Waals surface area contributed by atoms with Gasteiger partial charge in [0, 0.05) is 17.1 Å². The topological polar surface area (TPSA) is 41.1 Å². The van der Waals surface area contributed by atoms with Gasteiger partial charge in [0.1, 0.15) is 0 Å². The summed E-state index contributed by atoms with van der Waals surface area (Å²) in [5, 5.41) is 2.84. The van der Waals surface area contributed by atoms with Crippen LogP contribution in [0.25, 0.3) is 0 Å². The van der Waals surface area contributed by atoms with Crippen molar-refractivity contribution >= 4 is 23.5 Å². The molecule has 0 fully saturated rings. The van der Waals surface area contributed by atoms with Crippen molar-refractivity contribution in [2.24, 2.45) is 0 Å². The van der Waals surface area contributed by atoms with E-state index in [1.54, 1.807) is 11.9 Å². The molecule has 4 heteroatoms. The summed E-state index contributed by atoms with van der Waals surface area (Å²) >= 11 is 1.62. The van der Waals surface area contributed by atoms with Crippen molar-refractivity contribution in [1.29, 1.82) is 0 Å². The minimum absolute atomic E-state index is 0.0826. The zero-order valence-electron chi connectivity index (χ0n) is 11.1. The van der Waals surface area contributed by atoms with Gasteiger partial charge in [0.15, 0.2) is 0 Å². The second-order valence-corrected chi connectivity index (χ2v) is 5.74. The Labute approximate surface area is 122 Å². The Morgan fingerprint density at radius 2 is 2.00 bits per heavy atom. The highest BCUT2D eigenvalue weighted by Gasteiger charge is 2.17. The minimum atomic E-state index is 0.0826. The molecule has 1 heterocycles. The molecule has 2 N–H and O–H groups in total. The molecule has 1 amide bonds. The highest BCUT2D eigenvalue weighted by molar-refractivity contribution is 7.97. The van der Waals surface area contributed by atoms with E-state index in [-0.39, 0.29) is 5.91 Å². The molecule has 0 saturated carbocycles. The first kappa shape index (κ1) is 13.2. The summed E-state index contributed by atoms with van der Waals surface area (Å²) in [4.78, 5) is 12.4. The van der Waals surface area contributed by atoms with Gasteiger partial charge in [-0.3, -0.25) is 9.52 Å². The van der Waals surface area contributed by atoms with Crippen LogP contribution in [0.3, 0.4) is 0 Å². The van der Waals surface area contributed by atoms with E-state index in [2.05, 4.69) is 40.4 Å². The molecule has 2 aromatic rings. The summed E-state index contributed by atoms with van der Waals surface area (Å²) < 4.78 is 3.36. The molecule has 0 unspecified atom stereocenters. The molecular weight excluding hydrogens is 268 g/mol. The first-order valence-corrected chi connectivity index (χ1v) is 7.49. The molecule has 1 aliphatic rings. The molecule has 3 nitrogen and oxygen atoms in total. The van der Waals surface area contributed by atoms with Crippen molar-refractivity contribution in [2.75, 3.05) is 11.9 Å². The smallest absolute Gasteiger partial charge is 0.228 e. The van der Waals surface area contributed by atoms with Crippen LogP contribution in [0.2, 0.25) is 0 Å². The van der Waals surface area contributed by atoms with Crippen molar-refractivity contribution in [2.45, 2.75) is 17.7 Å². The summed E-state index contributed by atoms with van der Waals surface area (Å²) in [6.45, 7) is 0.920. The number of hydrogen-bond donors (Lipinski definition) is 2. The number of amides is 1. The predicted molar refractivity (Wildman–Crippen MR) is 82.8 cm³/mol. The Bertz CT molecular complexity index is 613. The molecule has 0 radical (unpaired) electrons. The number of hydrogen-bond acceptors (Lipinski definition) is 3. The van der Waals surface area contributed by atoms with Crippen LogP contribution >= 0.6 is 11.9 Å². The van der Waals surface area contributed by atoms with E-state index in [9.17, 15) is 4.79 Å². The molecule has 0 spiro atoms. The second kappa shape index (κ2) is 6.11. The van der Waals surface area contributed by atoms with Crippen molar-refractivity contribution in [1.82, 2.24) is 4.72 Å². The van der Waals surface area contributed by atoms with Gasteiger partial charge in [-0.15, -0.1) is 0 Å². The zero-order valence-corrected chi connectivity index (χ0v) is 11.9. The number of anilines is 1. The minimum Gasteiger partial charge on any atom is -0.326 e. The van der Waals surface area contributed by atoms with Gasteiger partial charge in [-0.1, -0.05) is 30.3 Å². The number of nitrogens with one attached hydrogen (secondary N) is 2. The van der Waals surface area contributed by atoms with Gasteiger partial charge in [0.05, 0.1) is 6.42 Å². The number of rotatable bonds is 5. The highest BCUT2D eigenvalue weighted by Crippen LogP contribution is 2.27. The van der Waals surface area contributed by atoms with Crippen molar-refractivity contribution < 1.29 is 4.79 Å². The van der Waals surface area contributed by atoms with Crippen molar-refractivity contribution in [3.8, 4) is 0 Å². The monoisotopic (exact) mass is 284 g/mol. The van der Waals surface area contributed by atoms with Crippen LogP contribution in [-0.4, -0.2) is 12.5 Å². The number of carbonyl (C=O) groups is 1. The summed E-state index contributed by atoms with van der Waals surface area (Å²) in [5.41, 5.74) is 3.37. The SMILES string of the molecule is O=C1Cc2cc(SNCCc3ccccc3)ccc2N1. The van der Waals surface area contributed by atoms with Crippen LogP contribution < -0.4 is 10.0 Å². The van der Waals surface area contributed by atoms with Gasteiger partial charge in [-0.2, -0.15) is 0 Å². The highest BCUT2D eigenvalue weighted by atomic mass is 32.2. The predicted octanol–water partition coefficient (Wildman–Crippen LogP) is 3.02. The van der Waals surface area contributed by atoms with E-state index < -0.39 is 0 Å². The molecule has 0 saturated heterocycles. The lowest BCUT2D eigenvalue weighted by Crippen LogP contribution is -2.08. The quantitative estimate of drug-likeness (QED) is 0.655. The normalized spacial score (nSPS) is 13.1. The van der Waals surface area contributed by atoms with E-state index in [1.165, 1.54) is 5.56 Å². The largest absolute Gasteiger partial charge is 0.326 e. The zero-order chi connectivity index (χ0) is 13.8. The summed E-state index contributed by atoms with van der Waals surface area (Å²) in [6, 6.07) is 16.5. The Morgan fingerprint density at radius 3 is 2.85 bits per heavy atom. The van der Waals surface area contributed by atoms with Gasteiger partial charge in [0.25, 0.3) is 0 Å². The van der Waals surface area contributed by atoms with E-state index in [4.69, 9.17) is 0 Å². The molecular formula is C16H16N2OS. The molecule has 0 aromatic heterocycles. The van der Waals surface area contributed by atoms with Gasteiger partial charge < -0.3 is 5.32 Å². The van der Waals surface area contributed by atoms with Crippen LogP contribution in [0.4, 0.5) is 5.69 Å². The van der Waals surface area contributed by atoms with Crippen LogP contribution in [0, 0.1) is 0 Å². The first-order chi connectivity index (χ1) is 9.81. The molecule has 0 bridgehead atoms. The molecule has 0 aliphatic carbocycles. The van der Waals surface area contributed by atoms with Crippen LogP contribution in [0.15, 0.2) is 53.4 Å². The maximum absolute atomic E-state index is 11.3. The van der Waals surface area contributed by atoms with E-state index in [1.807, 2.05) is 18.2 Å². The summed E-state index contributed by atoms with van der Waals surface area (Å²) in [7, 11) is 0. The van der Waals surface area contributed by atoms with Crippen molar-refractivity contribution in [3.05, 3.63) is 59.7 Å². The lowest BCUT2D eigenvalue weighted by Gasteiger charge is -2.06. The van der Waals surface area contributed by atoms with E-state index in [0.717, 1.165) is 29.1 Å². The van der Waals surface area contributed by atoms with Crippen LogP contribution in [0.5, 0.6) is 0 Å². The van der Waals surface area contributed by atoms with E-state index >= 15 is 0 Å². The Hall–Kier alpha value is -1.78. The molecule has 1 aliphatic heterocycles. The summed E-state index contributed by atoms with van der Waals surface area (Å²) in [6.07, 6.45) is 1.51. The molecule has 0 atom stereocenters. The fraction of sp³-hybridized carbons (Fsp3) is 0.188. The Balaban J connectivity index is 1.50. The summed E-state index contributed by atoms with van der Waals surface area (Å²) in [5.74, 6) is 0.0826. The number of benzene rings is 2. The average molecular weight is 284 g/mol. The van der Waals surface area contributed by atoms with Gasteiger partial charge in [-0.05, 0) is 47.7 Å². The Morgan fingerprint density at radius 1 is 1.15 bits per heavy atom. The molecule has 20 heavy (non-hydrogen) atoms. The first-order valence-electron chi connectivity index (χ1n) is 6.68. The van der Waals surface area contributed by atoms with Crippen LogP contribution in [-0.2, 0) is 17.6 Å². The van der Waals surface area contributed by atoms with Gasteiger partial charge >= 0.3 is 0 Å². The third-order valence-electron chi connectivity index (χ3n) is 3.25. The fourth-order valence-electron chi connectivity index (χ4n) is 2.24.